The number of halogens is 2. The molecule has 3 aromatic rings. The van der Waals surface area contributed by atoms with E-state index in [-0.39, 0.29) is 36.6 Å². The van der Waals surface area contributed by atoms with E-state index < -0.39 is 34.7 Å². The van der Waals surface area contributed by atoms with Crippen LogP contribution < -0.4 is 4.74 Å². The van der Waals surface area contributed by atoms with Crippen molar-refractivity contribution in [3.63, 3.8) is 0 Å². The van der Waals surface area contributed by atoms with E-state index in [2.05, 4.69) is 4.98 Å². The number of ether oxygens (including phenoxy) is 1. The quantitative estimate of drug-likeness (QED) is 0.542. The van der Waals surface area contributed by atoms with Crippen LogP contribution in [0.2, 0.25) is 0 Å². The van der Waals surface area contributed by atoms with Gasteiger partial charge in [-0.2, -0.15) is 4.31 Å². The van der Waals surface area contributed by atoms with Crippen molar-refractivity contribution in [2.24, 2.45) is 0 Å². The molecule has 2 heterocycles. The Morgan fingerprint density at radius 1 is 1.24 bits per heavy atom. The fourth-order valence-electron chi connectivity index (χ4n) is 3.77. The average Bonchev–Trinajstić information content (AvgIpc) is 3.24. The van der Waals surface area contributed by atoms with Crippen LogP contribution in [0, 0.1) is 12.7 Å². The van der Waals surface area contributed by atoms with Crippen molar-refractivity contribution >= 4 is 20.9 Å². The summed E-state index contributed by atoms with van der Waals surface area (Å²) in [4.78, 5) is 4.28. The largest absolute Gasteiger partial charge is 0.491 e. The topological polar surface area (TPSA) is 100.0 Å². The lowest BCUT2D eigenvalue weighted by Gasteiger charge is -2.16. The summed E-state index contributed by atoms with van der Waals surface area (Å²) in [7, 11) is -3.98. The van der Waals surface area contributed by atoms with Crippen LogP contribution in [0.15, 0.2) is 47.4 Å². The van der Waals surface area contributed by atoms with Gasteiger partial charge < -0.3 is 14.9 Å². The average molecular weight is 479 g/mol. The van der Waals surface area contributed by atoms with E-state index in [0.717, 1.165) is 21.3 Å². The lowest BCUT2D eigenvalue weighted by atomic mass is 10.0. The fraction of sp³-hybridized carbons (Fsp3) is 0.348. The first kappa shape index (κ1) is 23.5. The number of benzene rings is 2. The van der Waals surface area contributed by atoms with Gasteiger partial charge in [-0.3, -0.25) is 0 Å². The molecule has 176 valence electrons. The first-order valence-corrected chi connectivity index (χ1v) is 11.9. The molecular weight excluding hydrogens is 454 g/mol. The molecule has 2 aromatic carbocycles. The van der Waals surface area contributed by atoms with Crippen molar-refractivity contribution in [2.45, 2.75) is 30.5 Å². The number of aryl methyl sites for hydroxylation is 1. The number of fused-ring (bicyclic) bond motifs is 1. The second kappa shape index (κ2) is 9.30. The molecule has 0 saturated carbocycles. The third-order valence-corrected chi connectivity index (χ3v) is 7.45. The highest BCUT2D eigenvalue weighted by Crippen LogP contribution is 2.31. The van der Waals surface area contributed by atoms with Gasteiger partial charge in [-0.25, -0.2) is 22.2 Å². The van der Waals surface area contributed by atoms with Gasteiger partial charge in [0, 0.05) is 30.1 Å². The van der Waals surface area contributed by atoms with Gasteiger partial charge >= 0.3 is 0 Å². The first-order valence-electron chi connectivity index (χ1n) is 10.5. The Hall–Kier alpha value is -2.66. The SMILES string of the molecule is Cc1cc(-c2ccc(S(=O)(=O)N3CC[C@H](F)C3)cc2F)nc2cc(OC[C@@H](O)CO)ccc12. The highest BCUT2D eigenvalue weighted by Gasteiger charge is 2.33. The summed E-state index contributed by atoms with van der Waals surface area (Å²) in [6, 6.07) is 10.5. The summed E-state index contributed by atoms with van der Waals surface area (Å²) in [6.45, 7) is 1.17. The van der Waals surface area contributed by atoms with Crippen LogP contribution >= 0.6 is 0 Å². The molecular formula is C23H24F2N2O5S. The lowest BCUT2D eigenvalue weighted by Crippen LogP contribution is -2.29. The Balaban J connectivity index is 1.66. The van der Waals surface area contributed by atoms with Crippen LogP contribution in [0.25, 0.3) is 22.2 Å². The van der Waals surface area contributed by atoms with E-state index in [1.165, 1.54) is 12.1 Å². The monoisotopic (exact) mass is 478 g/mol. The van der Waals surface area contributed by atoms with Crippen molar-refractivity contribution in [3.05, 3.63) is 53.8 Å². The molecule has 2 N–H and O–H groups in total. The Morgan fingerprint density at radius 3 is 2.70 bits per heavy atom. The molecule has 0 amide bonds. The van der Waals surface area contributed by atoms with E-state index in [1.54, 1.807) is 24.3 Å². The molecule has 0 aliphatic carbocycles. The zero-order chi connectivity index (χ0) is 23.8. The van der Waals surface area contributed by atoms with Crippen LogP contribution in [-0.4, -0.2) is 66.5 Å². The molecule has 2 atom stereocenters. The lowest BCUT2D eigenvalue weighted by molar-refractivity contribution is 0.0536. The predicted octanol–water partition coefficient (Wildman–Crippen LogP) is 2.81. The summed E-state index contributed by atoms with van der Waals surface area (Å²) in [5.41, 5.74) is 1.81. The van der Waals surface area contributed by atoms with Gasteiger partial charge in [0.05, 0.1) is 22.7 Å². The summed E-state index contributed by atoms with van der Waals surface area (Å²) >= 11 is 0. The van der Waals surface area contributed by atoms with E-state index in [9.17, 15) is 17.9 Å². The number of sulfonamides is 1. The second-order valence-electron chi connectivity index (χ2n) is 8.04. The van der Waals surface area contributed by atoms with Gasteiger partial charge in [-0.15, -0.1) is 0 Å². The molecule has 0 unspecified atom stereocenters. The number of hydrogen-bond acceptors (Lipinski definition) is 6. The molecule has 33 heavy (non-hydrogen) atoms. The molecule has 1 saturated heterocycles. The second-order valence-corrected chi connectivity index (χ2v) is 9.98. The highest BCUT2D eigenvalue weighted by atomic mass is 32.2. The van der Waals surface area contributed by atoms with Crippen LogP contribution in [0.4, 0.5) is 8.78 Å². The Labute approximate surface area is 190 Å². The van der Waals surface area contributed by atoms with Crippen LogP contribution in [0.1, 0.15) is 12.0 Å². The number of aromatic nitrogens is 1. The minimum absolute atomic E-state index is 0.0675. The molecule has 1 aromatic heterocycles. The Morgan fingerprint density at radius 2 is 2.03 bits per heavy atom. The van der Waals surface area contributed by atoms with Crippen LogP contribution in [0.3, 0.4) is 0 Å². The molecule has 0 radical (unpaired) electrons. The molecule has 0 bridgehead atoms. The smallest absolute Gasteiger partial charge is 0.243 e. The van der Waals surface area contributed by atoms with E-state index >= 15 is 4.39 Å². The Kier molecular flexibility index (Phi) is 6.62. The van der Waals surface area contributed by atoms with Crippen molar-refractivity contribution in [1.82, 2.24) is 9.29 Å². The fourth-order valence-corrected chi connectivity index (χ4v) is 5.27. The van der Waals surface area contributed by atoms with Crippen molar-refractivity contribution in [2.75, 3.05) is 26.3 Å². The maximum atomic E-state index is 15.0. The number of nitrogens with zero attached hydrogens (tertiary/aromatic N) is 2. The zero-order valence-corrected chi connectivity index (χ0v) is 18.7. The highest BCUT2D eigenvalue weighted by molar-refractivity contribution is 7.89. The minimum Gasteiger partial charge on any atom is -0.491 e. The van der Waals surface area contributed by atoms with E-state index in [0.29, 0.717) is 17.0 Å². The van der Waals surface area contributed by atoms with Crippen LogP contribution in [-0.2, 0) is 10.0 Å². The Bertz CT molecular complexity index is 1290. The molecule has 10 heteroatoms. The van der Waals surface area contributed by atoms with Crippen LogP contribution in [0.5, 0.6) is 5.75 Å². The third-order valence-electron chi connectivity index (χ3n) is 5.59. The first-order chi connectivity index (χ1) is 15.7. The number of rotatable bonds is 7. The molecule has 1 aliphatic rings. The van der Waals surface area contributed by atoms with Crippen molar-refractivity contribution in [3.8, 4) is 17.0 Å². The number of alkyl halides is 1. The van der Waals surface area contributed by atoms with E-state index in [4.69, 9.17) is 9.84 Å². The van der Waals surface area contributed by atoms with Gasteiger partial charge in [-0.05, 0) is 55.3 Å². The zero-order valence-electron chi connectivity index (χ0n) is 17.9. The molecule has 0 spiro atoms. The molecule has 1 aliphatic heterocycles. The molecule has 7 nitrogen and oxygen atoms in total. The van der Waals surface area contributed by atoms with Gasteiger partial charge in [-0.1, -0.05) is 0 Å². The molecule has 4 rings (SSSR count). The number of aliphatic hydroxyl groups excluding tert-OH is 2. The summed E-state index contributed by atoms with van der Waals surface area (Å²) < 4.78 is 60.4. The van der Waals surface area contributed by atoms with Gasteiger partial charge in [0.15, 0.2) is 0 Å². The van der Waals surface area contributed by atoms with Crippen molar-refractivity contribution in [1.29, 1.82) is 0 Å². The normalized spacial score (nSPS) is 18.0. The summed E-state index contributed by atoms with van der Waals surface area (Å²) in [5, 5.41) is 19.2. The van der Waals surface area contributed by atoms with Gasteiger partial charge in [0.25, 0.3) is 0 Å². The third kappa shape index (κ3) is 4.84. The summed E-state index contributed by atoms with van der Waals surface area (Å²) in [6.07, 6.45) is -2.10. The predicted molar refractivity (Wildman–Crippen MR) is 119 cm³/mol. The maximum Gasteiger partial charge on any atom is 0.243 e. The summed E-state index contributed by atoms with van der Waals surface area (Å²) in [5.74, 6) is -0.325. The minimum atomic E-state index is -3.98. The van der Waals surface area contributed by atoms with Crippen molar-refractivity contribution < 1.29 is 32.1 Å². The number of hydrogen-bond donors (Lipinski definition) is 2. The number of pyridine rings is 1. The standard InChI is InChI=1S/C23H24F2N2O5S/c1-14-8-22(26-23-9-17(2-4-19(14)23)32-13-16(29)12-28)20-5-3-18(10-21(20)25)33(30,31)27-7-6-15(24)11-27/h2-5,8-10,15-16,28-29H,6-7,11-13H2,1H3/t15-,16-/m0/s1. The maximum absolute atomic E-state index is 15.0. The van der Waals surface area contributed by atoms with Gasteiger partial charge in [0.1, 0.15) is 30.4 Å². The molecule has 1 fully saturated rings. The van der Waals surface area contributed by atoms with Gasteiger partial charge in [0.2, 0.25) is 10.0 Å². The number of aliphatic hydroxyl groups is 2. The van der Waals surface area contributed by atoms with E-state index in [1.807, 2.05) is 6.92 Å².